The minimum Gasteiger partial charge on any atom is -0.507 e. The van der Waals surface area contributed by atoms with Crippen molar-refractivity contribution in [2.45, 2.75) is 26.3 Å². The minimum absolute atomic E-state index is 0.0382. The Morgan fingerprint density at radius 1 is 0.974 bits per heavy atom. The molecule has 3 aromatic rings. The highest BCUT2D eigenvalue weighted by molar-refractivity contribution is 6.51. The van der Waals surface area contributed by atoms with Gasteiger partial charge in [0.05, 0.1) is 23.8 Å². The van der Waals surface area contributed by atoms with Gasteiger partial charge < -0.3 is 19.3 Å². The SMILES string of the molecule is CCCOC(=O)c1ccc(N2C(=O)C(=O)/C(=C(\O)c3ccc4c(c3)OCCO4)C2c2cccc(C)c2)cc1. The van der Waals surface area contributed by atoms with Crippen LogP contribution in [0.5, 0.6) is 11.5 Å². The van der Waals surface area contributed by atoms with Gasteiger partial charge >= 0.3 is 5.97 Å². The second kappa shape index (κ2) is 10.4. The second-order valence-electron chi connectivity index (χ2n) is 9.12. The number of aliphatic hydroxyl groups is 1. The normalized spacial score (nSPS) is 17.9. The number of aryl methyl sites for hydroxylation is 1. The van der Waals surface area contributed by atoms with E-state index in [-0.39, 0.29) is 11.3 Å². The molecule has 3 aromatic carbocycles. The van der Waals surface area contributed by atoms with Gasteiger partial charge in [0.1, 0.15) is 19.0 Å². The van der Waals surface area contributed by atoms with Crippen LogP contribution in [0.15, 0.2) is 72.3 Å². The second-order valence-corrected chi connectivity index (χ2v) is 9.12. The molecule has 2 aliphatic rings. The molecule has 194 valence electrons. The Hall–Kier alpha value is -4.59. The molecule has 2 aliphatic heterocycles. The number of anilines is 1. The van der Waals surface area contributed by atoms with Crippen LogP contribution in [0.4, 0.5) is 5.69 Å². The summed E-state index contributed by atoms with van der Waals surface area (Å²) in [5, 5.41) is 11.4. The summed E-state index contributed by atoms with van der Waals surface area (Å²) in [6.45, 7) is 4.91. The van der Waals surface area contributed by atoms with Crippen LogP contribution >= 0.6 is 0 Å². The maximum atomic E-state index is 13.4. The lowest BCUT2D eigenvalue weighted by atomic mass is 9.94. The van der Waals surface area contributed by atoms with E-state index in [4.69, 9.17) is 14.2 Å². The van der Waals surface area contributed by atoms with E-state index >= 15 is 0 Å². The van der Waals surface area contributed by atoms with Gasteiger partial charge in [-0.3, -0.25) is 14.5 Å². The first-order valence-corrected chi connectivity index (χ1v) is 12.4. The number of Topliss-reactive ketones (excluding diaryl/α,β-unsaturated/α-hetero) is 1. The Kier molecular flexibility index (Phi) is 6.87. The number of benzene rings is 3. The zero-order valence-electron chi connectivity index (χ0n) is 21.1. The predicted octanol–water partition coefficient (Wildman–Crippen LogP) is 4.96. The molecule has 1 fully saturated rings. The smallest absolute Gasteiger partial charge is 0.338 e. The lowest BCUT2D eigenvalue weighted by Gasteiger charge is -2.26. The van der Waals surface area contributed by atoms with Crippen molar-refractivity contribution in [2.75, 3.05) is 24.7 Å². The summed E-state index contributed by atoms with van der Waals surface area (Å²) in [7, 11) is 0. The number of carbonyl (C=O) groups excluding carboxylic acids is 3. The van der Waals surface area contributed by atoms with E-state index in [1.54, 1.807) is 42.5 Å². The molecule has 0 aromatic heterocycles. The lowest BCUT2D eigenvalue weighted by molar-refractivity contribution is -0.132. The number of fused-ring (bicyclic) bond motifs is 1. The number of carbonyl (C=O) groups is 3. The van der Waals surface area contributed by atoms with Gasteiger partial charge in [0, 0.05) is 11.3 Å². The standard InChI is InChI=1S/C30H27NO7/c1-3-13-38-30(35)19-7-10-22(11-8-19)31-26(20-6-4-5-18(2)16-20)25(28(33)29(31)34)27(32)21-9-12-23-24(17-21)37-15-14-36-23/h4-12,16-17,26,32H,3,13-15H2,1-2H3/b27-25-. The first kappa shape index (κ1) is 25.1. The van der Waals surface area contributed by atoms with Gasteiger partial charge in [-0.15, -0.1) is 0 Å². The van der Waals surface area contributed by atoms with Crippen LogP contribution in [-0.2, 0) is 14.3 Å². The van der Waals surface area contributed by atoms with Crippen LogP contribution in [0, 0.1) is 6.92 Å². The third-order valence-electron chi connectivity index (χ3n) is 6.44. The summed E-state index contributed by atoms with van der Waals surface area (Å²) < 4.78 is 16.4. The van der Waals surface area contributed by atoms with E-state index in [1.165, 1.54) is 4.90 Å². The van der Waals surface area contributed by atoms with Crippen molar-refractivity contribution >= 4 is 29.1 Å². The molecule has 1 amide bonds. The minimum atomic E-state index is -0.888. The number of ether oxygens (including phenoxy) is 3. The van der Waals surface area contributed by atoms with Crippen LogP contribution in [0.3, 0.4) is 0 Å². The Balaban J connectivity index is 1.60. The van der Waals surface area contributed by atoms with Crippen molar-refractivity contribution in [1.82, 2.24) is 0 Å². The zero-order valence-corrected chi connectivity index (χ0v) is 21.1. The van der Waals surface area contributed by atoms with E-state index in [1.807, 2.05) is 38.1 Å². The largest absolute Gasteiger partial charge is 0.507 e. The molecule has 0 spiro atoms. The van der Waals surface area contributed by atoms with Crippen molar-refractivity contribution in [1.29, 1.82) is 0 Å². The molecule has 8 nitrogen and oxygen atoms in total. The van der Waals surface area contributed by atoms with Gasteiger partial charge in [-0.2, -0.15) is 0 Å². The number of ketones is 1. The summed E-state index contributed by atoms with van der Waals surface area (Å²) in [4.78, 5) is 40.4. The summed E-state index contributed by atoms with van der Waals surface area (Å²) in [6, 6.07) is 17.7. The number of hydrogen-bond donors (Lipinski definition) is 1. The van der Waals surface area contributed by atoms with Gasteiger partial charge in [-0.1, -0.05) is 36.8 Å². The highest BCUT2D eigenvalue weighted by Gasteiger charge is 2.47. The third-order valence-corrected chi connectivity index (χ3v) is 6.44. The van der Waals surface area contributed by atoms with E-state index in [2.05, 4.69) is 0 Å². The molecule has 1 N–H and O–H groups in total. The molecular formula is C30H27NO7. The summed E-state index contributed by atoms with van der Waals surface area (Å²) in [5.74, 6) is -1.37. The number of esters is 1. The first-order valence-electron chi connectivity index (χ1n) is 12.4. The molecule has 1 atom stereocenters. The van der Waals surface area contributed by atoms with Crippen LogP contribution in [0.1, 0.15) is 46.4 Å². The number of aliphatic hydroxyl groups excluding tert-OH is 1. The van der Waals surface area contributed by atoms with Crippen LogP contribution in [-0.4, -0.2) is 42.6 Å². The topological polar surface area (TPSA) is 102 Å². The number of hydrogen-bond acceptors (Lipinski definition) is 7. The highest BCUT2D eigenvalue weighted by Crippen LogP contribution is 2.43. The van der Waals surface area contributed by atoms with Crippen LogP contribution in [0.2, 0.25) is 0 Å². The Bertz CT molecular complexity index is 1440. The predicted molar refractivity (Wildman–Crippen MR) is 140 cm³/mol. The molecule has 2 heterocycles. The Labute approximate surface area is 220 Å². The summed E-state index contributed by atoms with van der Waals surface area (Å²) >= 11 is 0. The van der Waals surface area contributed by atoms with E-state index in [0.717, 1.165) is 5.56 Å². The fraction of sp³-hybridized carbons (Fsp3) is 0.233. The van der Waals surface area contributed by atoms with E-state index < -0.39 is 23.7 Å². The quantitative estimate of drug-likeness (QED) is 0.215. The van der Waals surface area contributed by atoms with Gasteiger partial charge in [0.15, 0.2) is 11.5 Å². The average Bonchev–Trinajstić information content (AvgIpc) is 3.21. The Morgan fingerprint density at radius 2 is 1.68 bits per heavy atom. The van der Waals surface area contributed by atoms with Gasteiger partial charge in [-0.05, 0) is 61.4 Å². The lowest BCUT2D eigenvalue weighted by Crippen LogP contribution is -2.29. The molecule has 0 saturated carbocycles. The molecule has 5 rings (SSSR count). The zero-order chi connectivity index (χ0) is 26.8. The molecular weight excluding hydrogens is 486 g/mol. The van der Waals surface area contributed by atoms with Gasteiger partial charge in [-0.25, -0.2) is 4.79 Å². The van der Waals surface area contributed by atoms with Crippen molar-refractivity contribution in [3.8, 4) is 11.5 Å². The van der Waals surface area contributed by atoms with E-state index in [0.29, 0.717) is 60.1 Å². The van der Waals surface area contributed by atoms with Crippen LogP contribution in [0.25, 0.3) is 5.76 Å². The molecule has 1 unspecified atom stereocenters. The first-order chi connectivity index (χ1) is 18.4. The molecule has 8 heteroatoms. The third kappa shape index (κ3) is 4.61. The van der Waals surface area contributed by atoms with Crippen molar-refractivity contribution in [3.63, 3.8) is 0 Å². The van der Waals surface area contributed by atoms with Crippen molar-refractivity contribution in [3.05, 3.63) is 94.6 Å². The number of amides is 1. The van der Waals surface area contributed by atoms with E-state index in [9.17, 15) is 19.5 Å². The summed E-state index contributed by atoms with van der Waals surface area (Å²) in [5.41, 5.74) is 2.63. The maximum absolute atomic E-state index is 13.4. The van der Waals surface area contributed by atoms with Crippen molar-refractivity contribution < 1.29 is 33.7 Å². The maximum Gasteiger partial charge on any atom is 0.338 e. The number of nitrogens with zero attached hydrogens (tertiary/aromatic N) is 1. The van der Waals surface area contributed by atoms with Crippen LogP contribution < -0.4 is 14.4 Å². The number of rotatable bonds is 6. The van der Waals surface area contributed by atoms with Crippen molar-refractivity contribution in [2.24, 2.45) is 0 Å². The molecule has 0 radical (unpaired) electrons. The Morgan fingerprint density at radius 3 is 2.39 bits per heavy atom. The monoisotopic (exact) mass is 513 g/mol. The molecule has 0 aliphatic carbocycles. The molecule has 1 saturated heterocycles. The van der Waals surface area contributed by atoms with Gasteiger partial charge in [0.2, 0.25) is 0 Å². The summed E-state index contributed by atoms with van der Waals surface area (Å²) in [6.07, 6.45) is 0.703. The molecule has 0 bridgehead atoms. The van der Waals surface area contributed by atoms with Gasteiger partial charge in [0.25, 0.3) is 11.7 Å². The highest BCUT2D eigenvalue weighted by atomic mass is 16.6. The fourth-order valence-electron chi connectivity index (χ4n) is 4.64. The average molecular weight is 514 g/mol. The molecule has 38 heavy (non-hydrogen) atoms. The fourth-order valence-corrected chi connectivity index (χ4v) is 4.64.